The van der Waals surface area contributed by atoms with E-state index in [-0.39, 0.29) is 6.54 Å². The first-order chi connectivity index (χ1) is 16.1. The SMILES string of the molecule is CC(C)(Cn1c(=O)ccn([C@@H]2O[C@H](COP(=O)(O)OP(=O)(O)O)C(O)C2O)c1=O)c1ccccc1. The van der Waals surface area contributed by atoms with Crippen molar-refractivity contribution >= 4 is 15.6 Å². The average Bonchev–Trinajstić information content (AvgIpc) is 3.03. The Hall–Kier alpha value is -1.96. The molecule has 2 aromatic rings. The first-order valence-electron chi connectivity index (χ1n) is 10.2. The van der Waals surface area contributed by atoms with Gasteiger partial charge in [-0.05, 0) is 5.56 Å². The summed E-state index contributed by atoms with van der Waals surface area (Å²) < 4.78 is 37.8. The Bertz CT molecular complexity index is 1250. The molecule has 1 fully saturated rings. The average molecular weight is 536 g/mol. The summed E-state index contributed by atoms with van der Waals surface area (Å²) in [6.07, 6.45) is -5.34. The molecule has 5 atom stereocenters. The number of aliphatic hydroxyl groups is 2. The molecule has 194 valence electrons. The standard InChI is InChI=1S/C19H26N2O12P2/c1-19(2,12-6-4-3-5-7-12)11-21-14(22)8-9-20(18(21)25)17-16(24)15(23)13(32-17)10-31-35(29,30)33-34(26,27)28/h3-9,13,15-17,23-24H,10-11H2,1-2H3,(H,29,30)(H2,26,27,28)/t13-,15?,16?,17-/m1/s1. The Kier molecular flexibility index (Phi) is 8.04. The summed E-state index contributed by atoms with van der Waals surface area (Å²) in [6, 6.07) is 10.3. The lowest BCUT2D eigenvalue weighted by atomic mass is 9.84. The molecule has 5 N–H and O–H groups in total. The molecule has 16 heteroatoms. The van der Waals surface area contributed by atoms with E-state index in [9.17, 15) is 33.8 Å². The summed E-state index contributed by atoms with van der Waals surface area (Å²) >= 11 is 0. The lowest BCUT2D eigenvalue weighted by Crippen LogP contribution is -2.45. The largest absolute Gasteiger partial charge is 0.481 e. The number of aliphatic hydroxyl groups excluding tert-OH is 2. The zero-order valence-electron chi connectivity index (χ0n) is 18.6. The molecule has 1 aromatic heterocycles. The number of benzene rings is 1. The summed E-state index contributed by atoms with van der Waals surface area (Å²) in [7, 11) is -10.6. The zero-order valence-corrected chi connectivity index (χ0v) is 20.4. The molecule has 0 spiro atoms. The highest BCUT2D eigenvalue weighted by Gasteiger charge is 2.46. The summed E-state index contributed by atoms with van der Waals surface area (Å²) in [5.74, 6) is 0. The maximum Gasteiger partial charge on any atom is 0.481 e. The molecule has 2 heterocycles. The molecule has 1 aliphatic rings. The van der Waals surface area contributed by atoms with Crippen molar-refractivity contribution in [3.63, 3.8) is 0 Å². The number of hydrogen-bond acceptors (Lipinski definition) is 9. The van der Waals surface area contributed by atoms with E-state index in [0.29, 0.717) is 0 Å². The third-order valence-electron chi connectivity index (χ3n) is 5.43. The Morgan fingerprint density at radius 2 is 1.66 bits per heavy atom. The van der Waals surface area contributed by atoms with Gasteiger partial charge in [0.25, 0.3) is 5.56 Å². The summed E-state index contributed by atoms with van der Waals surface area (Å²) in [4.78, 5) is 52.3. The Morgan fingerprint density at radius 3 is 2.26 bits per heavy atom. The van der Waals surface area contributed by atoms with Crippen LogP contribution in [-0.4, -0.2) is 58.9 Å². The number of phosphoric acid groups is 2. The molecule has 3 unspecified atom stereocenters. The third kappa shape index (κ3) is 6.63. The fraction of sp³-hybridized carbons (Fsp3) is 0.474. The highest BCUT2D eigenvalue weighted by Crippen LogP contribution is 2.57. The molecule has 0 radical (unpaired) electrons. The maximum absolute atomic E-state index is 13.1. The molecule has 0 bridgehead atoms. The molecule has 1 saturated heterocycles. The van der Waals surface area contributed by atoms with E-state index in [1.807, 2.05) is 44.2 Å². The Balaban J connectivity index is 1.82. The van der Waals surface area contributed by atoms with Gasteiger partial charge in [0.1, 0.15) is 18.3 Å². The number of ether oxygens (including phenoxy) is 1. The topological polar surface area (TPSA) is 207 Å². The second kappa shape index (κ2) is 10.2. The summed E-state index contributed by atoms with van der Waals surface area (Å²) in [5, 5.41) is 20.7. The van der Waals surface area contributed by atoms with Gasteiger partial charge in [-0.15, -0.1) is 0 Å². The van der Waals surface area contributed by atoms with Gasteiger partial charge in [-0.1, -0.05) is 44.2 Å². The van der Waals surface area contributed by atoms with Crippen LogP contribution in [0.3, 0.4) is 0 Å². The Labute approximate surface area is 198 Å². The van der Waals surface area contributed by atoms with E-state index in [1.165, 1.54) is 0 Å². The molecule has 1 aliphatic heterocycles. The van der Waals surface area contributed by atoms with Crippen LogP contribution in [0.5, 0.6) is 0 Å². The molecular weight excluding hydrogens is 510 g/mol. The van der Waals surface area contributed by atoms with Crippen molar-refractivity contribution in [2.75, 3.05) is 6.61 Å². The van der Waals surface area contributed by atoms with Crippen molar-refractivity contribution in [2.24, 2.45) is 0 Å². The van der Waals surface area contributed by atoms with Crippen LogP contribution in [0.15, 0.2) is 52.2 Å². The van der Waals surface area contributed by atoms with Crippen molar-refractivity contribution < 1.29 is 47.6 Å². The zero-order chi connectivity index (χ0) is 26.2. The predicted octanol–water partition coefficient (Wildman–Crippen LogP) is -0.167. The van der Waals surface area contributed by atoms with Gasteiger partial charge in [-0.25, -0.2) is 13.9 Å². The molecule has 0 saturated carbocycles. The first kappa shape index (κ1) is 27.6. The van der Waals surface area contributed by atoms with Gasteiger partial charge in [0.15, 0.2) is 6.23 Å². The molecule has 35 heavy (non-hydrogen) atoms. The van der Waals surface area contributed by atoms with Gasteiger partial charge in [-0.2, -0.15) is 4.31 Å². The highest BCUT2D eigenvalue weighted by molar-refractivity contribution is 7.60. The minimum Gasteiger partial charge on any atom is -0.387 e. The van der Waals surface area contributed by atoms with Crippen molar-refractivity contribution in [3.05, 3.63) is 69.0 Å². The molecule has 1 aromatic carbocycles. The molecule has 3 rings (SSSR count). The van der Waals surface area contributed by atoms with Gasteiger partial charge in [-0.3, -0.25) is 18.5 Å². The minimum atomic E-state index is -5.36. The van der Waals surface area contributed by atoms with Crippen LogP contribution in [0.25, 0.3) is 0 Å². The van der Waals surface area contributed by atoms with Crippen molar-refractivity contribution in [2.45, 2.75) is 50.3 Å². The summed E-state index contributed by atoms with van der Waals surface area (Å²) in [5.41, 5.74) is -1.19. The number of hydrogen-bond donors (Lipinski definition) is 5. The van der Waals surface area contributed by atoms with Crippen LogP contribution in [-0.2, 0) is 34.7 Å². The van der Waals surface area contributed by atoms with E-state index < -0.39 is 63.5 Å². The van der Waals surface area contributed by atoms with Crippen molar-refractivity contribution in [3.8, 4) is 0 Å². The first-order valence-corrected chi connectivity index (χ1v) is 13.3. The van der Waals surface area contributed by atoms with Crippen molar-refractivity contribution in [1.29, 1.82) is 0 Å². The molecule has 0 aliphatic carbocycles. The fourth-order valence-corrected chi connectivity index (χ4v) is 5.27. The molecular formula is C19H26N2O12P2. The van der Waals surface area contributed by atoms with Gasteiger partial charge < -0.3 is 29.6 Å². The normalized spacial score (nSPS) is 24.9. The fourth-order valence-electron chi connectivity index (χ4n) is 3.67. The Morgan fingerprint density at radius 1 is 1.03 bits per heavy atom. The molecule has 14 nitrogen and oxygen atoms in total. The lowest BCUT2D eigenvalue weighted by molar-refractivity contribution is -0.0549. The highest BCUT2D eigenvalue weighted by atomic mass is 31.3. The monoisotopic (exact) mass is 536 g/mol. The minimum absolute atomic E-state index is 0.0131. The van der Waals surface area contributed by atoms with Crippen LogP contribution in [0.1, 0.15) is 25.6 Å². The summed E-state index contributed by atoms with van der Waals surface area (Å²) in [6.45, 7) is 2.76. The number of nitrogens with zero attached hydrogens (tertiary/aromatic N) is 2. The number of phosphoric ester groups is 1. The van der Waals surface area contributed by atoms with Crippen LogP contribution in [0.4, 0.5) is 0 Å². The van der Waals surface area contributed by atoms with Gasteiger partial charge in [0.2, 0.25) is 0 Å². The van der Waals surface area contributed by atoms with E-state index in [1.54, 1.807) is 0 Å². The van der Waals surface area contributed by atoms with E-state index in [2.05, 4.69) is 8.83 Å². The van der Waals surface area contributed by atoms with Gasteiger partial charge in [0.05, 0.1) is 6.61 Å². The third-order valence-corrected chi connectivity index (χ3v) is 7.58. The second-order valence-electron chi connectivity index (χ2n) is 8.56. The van der Waals surface area contributed by atoms with E-state index in [4.69, 9.17) is 14.5 Å². The van der Waals surface area contributed by atoms with Crippen LogP contribution in [0, 0.1) is 0 Å². The molecule has 0 amide bonds. The number of rotatable bonds is 9. The van der Waals surface area contributed by atoms with E-state index in [0.717, 1.165) is 27.0 Å². The van der Waals surface area contributed by atoms with Crippen LogP contribution < -0.4 is 11.2 Å². The predicted molar refractivity (Wildman–Crippen MR) is 119 cm³/mol. The second-order valence-corrected chi connectivity index (χ2v) is 11.4. The van der Waals surface area contributed by atoms with Crippen molar-refractivity contribution in [1.82, 2.24) is 9.13 Å². The number of aromatic nitrogens is 2. The van der Waals surface area contributed by atoms with Gasteiger partial charge in [0, 0.05) is 24.2 Å². The van der Waals surface area contributed by atoms with Gasteiger partial charge >= 0.3 is 21.3 Å². The quantitative estimate of drug-likeness (QED) is 0.265. The van der Waals surface area contributed by atoms with Crippen LogP contribution >= 0.6 is 15.6 Å². The maximum atomic E-state index is 13.1. The smallest absolute Gasteiger partial charge is 0.387 e. The van der Waals surface area contributed by atoms with E-state index >= 15 is 0 Å². The van der Waals surface area contributed by atoms with Crippen LogP contribution in [0.2, 0.25) is 0 Å². The lowest BCUT2D eigenvalue weighted by Gasteiger charge is -2.27.